The van der Waals surface area contributed by atoms with E-state index in [0.29, 0.717) is 25.8 Å². The molecule has 3 atom stereocenters. The number of hydrogen-bond acceptors (Lipinski definition) is 5. The number of benzene rings is 3. The van der Waals surface area contributed by atoms with Crippen LogP contribution in [0.5, 0.6) is 0 Å². The Balaban J connectivity index is 1.36. The summed E-state index contributed by atoms with van der Waals surface area (Å²) in [4.78, 5) is 0.992. The SMILES string of the molecule is Cc1cc2sc(/C=C3C=C(/C=C4\Sc5ccccc5[N+]45CCCC5S(=O)(=O)[O-])CC(c4cccc(F)c4)C/3)[n+](C)c2cc1C. The number of aromatic nitrogens is 1. The molecule has 3 unspecified atom stereocenters. The van der Waals surface area contributed by atoms with Gasteiger partial charge in [0.05, 0.1) is 11.4 Å². The van der Waals surface area contributed by atoms with Gasteiger partial charge in [-0.2, -0.15) is 4.57 Å². The fourth-order valence-corrected chi connectivity index (χ4v) is 11.1. The van der Waals surface area contributed by atoms with Crippen molar-refractivity contribution in [3.8, 4) is 0 Å². The quantitative estimate of drug-likeness (QED) is 0.128. The molecule has 1 fully saturated rings. The minimum Gasteiger partial charge on any atom is -0.743 e. The monoisotopic (exact) mass is 645 g/mol. The van der Waals surface area contributed by atoms with Gasteiger partial charge in [-0.05, 0) is 96.5 Å². The van der Waals surface area contributed by atoms with Gasteiger partial charge in [-0.25, -0.2) is 17.3 Å². The number of thioether (sulfide) groups is 1. The van der Waals surface area contributed by atoms with Gasteiger partial charge in [-0.15, -0.1) is 0 Å². The van der Waals surface area contributed by atoms with Crippen LogP contribution in [0, 0.1) is 19.7 Å². The number of allylic oxidation sites excluding steroid dienone is 4. The topological polar surface area (TPSA) is 61.1 Å². The Morgan fingerprint density at radius 2 is 1.82 bits per heavy atom. The highest BCUT2D eigenvalue weighted by molar-refractivity contribution is 8.03. The molecule has 1 aromatic heterocycles. The van der Waals surface area contributed by atoms with E-state index in [0.717, 1.165) is 43.8 Å². The summed E-state index contributed by atoms with van der Waals surface area (Å²) in [6.07, 6.45) is 9.01. The lowest BCUT2D eigenvalue weighted by Gasteiger charge is -2.37. The molecule has 5 nitrogen and oxygen atoms in total. The molecule has 1 saturated heterocycles. The van der Waals surface area contributed by atoms with Crippen molar-refractivity contribution < 1.29 is 21.9 Å². The molecule has 3 aliphatic rings. The zero-order valence-corrected chi connectivity index (χ0v) is 27.4. The van der Waals surface area contributed by atoms with Gasteiger partial charge < -0.3 is 4.55 Å². The Labute approximate surface area is 266 Å². The van der Waals surface area contributed by atoms with E-state index in [1.165, 1.54) is 27.4 Å². The third kappa shape index (κ3) is 5.08. The molecule has 9 heteroatoms. The number of fused-ring (bicyclic) bond motifs is 3. The summed E-state index contributed by atoms with van der Waals surface area (Å²) in [5, 5.41) is 0.955. The first-order valence-corrected chi connectivity index (χ1v) is 18.0. The fraction of sp³-hybridized carbons (Fsp3) is 0.286. The van der Waals surface area contributed by atoms with Gasteiger partial charge in [0.15, 0.2) is 26.2 Å². The average Bonchev–Trinajstić information content (AvgIpc) is 3.65. The normalized spacial score (nSPS) is 25.3. The van der Waals surface area contributed by atoms with Crippen molar-refractivity contribution >= 4 is 55.2 Å². The third-order valence-electron chi connectivity index (χ3n) is 9.44. The van der Waals surface area contributed by atoms with E-state index in [1.807, 2.05) is 30.3 Å². The lowest BCUT2D eigenvalue weighted by atomic mass is 9.81. The highest BCUT2D eigenvalue weighted by Crippen LogP contribution is 2.57. The van der Waals surface area contributed by atoms with Crippen LogP contribution in [-0.2, 0) is 17.2 Å². The molecule has 4 aromatic rings. The Kier molecular flexibility index (Phi) is 7.45. The van der Waals surface area contributed by atoms with E-state index >= 15 is 0 Å². The molecule has 0 radical (unpaired) electrons. The number of thiazole rings is 1. The lowest BCUT2D eigenvalue weighted by molar-refractivity contribution is -0.642. The van der Waals surface area contributed by atoms with Gasteiger partial charge >= 0.3 is 0 Å². The van der Waals surface area contributed by atoms with E-state index in [2.05, 4.69) is 55.8 Å². The molecule has 3 heterocycles. The van der Waals surface area contributed by atoms with Gasteiger partial charge in [0, 0.05) is 37.1 Å². The van der Waals surface area contributed by atoms with Crippen LogP contribution < -0.4 is 9.05 Å². The van der Waals surface area contributed by atoms with Crippen LogP contribution >= 0.6 is 23.1 Å². The number of halogens is 1. The lowest BCUT2D eigenvalue weighted by Crippen LogP contribution is -2.53. The van der Waals surface area contributed by atoms with Gasteiger partial charge in [-0.3, -0.25) is 0 Å². The number of hydrogen-bond donors (Lipinski definition) is 0. The minimum atomic E-state index is -4.55. The summed E-state index contributed by atoms with van der Waals surface area (Å²) < 4.78 is 55.9. The predicted octanol–water partition coefficient (Wildman–Crippen LogP) is 7.99. The van der Waals surface area contributed by atoms with Crippen LogP contribution in [0.1, 0.15) is 53.3 Å². The number of nitrogens with zero attached hydrogens (tertiary/aromatic N) is 2. The molecule has 0 bridgehead atoms. The number of quaternary nitrogens is 1. The van der Waals surface area contributed by atoms with Crippen LogP contribution in [0.15, 0.2) is 93.9 Å². The second kappa shape index (κ2) is 11.1. The van der Waals surface area contributed by atoms with E-state index in [-0.39, 0.29) is 16.2 Å². The maximum absolute atomic E-state index is 14.4. The van der Waals surface area contributed by atoms with Gasteiger partial charge in [0.2, 0.25) is 5.52 Å². The Morgan fingerprint density at radius 3 is 2.61 bits per heavy atom. The van der Waals surface area contributed by atoms with Gasteiger partial charge in [0.1, 0.15) is 17.6 Å². The summed E-state index contributed by atoms with van der Waals surface area (Å²) in [6, 6.07) is 19.2. The van der Waals surface area contributed by atoms with Crippen LogP contribution in [0.2, 0.25) is 0 Å². The zero-order valence-electron chi connectivity index (χ0n) is 24.9. The van der Waals surface area contributed by atoms with E-state index in [9.17, 15) is 17.4 Å². The van der Waals surface area contributed by atoms with Crippen molar-refractivity contribution in [1.82, 2.24) is 4.48 Å². The maximum atomic E-state index is 14.4. The van der Waals surface area contributed by atoms with E-state index in [1.54, 1.807) is 35.2 Å². The molecular weight excluding hydrogens is 612 g/mol. The molecule has 2 aliphatic heterocycles. The van der Waals surface area contributed by atoms with Crippen molar-refractivity contribution in [3.05, 3.63) is 117 Å². The Morgan fingerprint density at radius 1 is 1.02 bits per heavy atom. The molecule has 3 aromatic carbocycles. The largest absolute Gasteiger partial charge is 0.743 e. The molecule has 0 amide bonds. The van der Waals surface area contributed by atoms with E-state index in [4.69, 9.17) is 0 Å². The summed E-state index contributed by atoms with van der Waals surface area (Å²) in [5.74, 6) is -0.200. The number of aryl methyl sites for hydroxylation is 3. The third-order valence-corrected chi connectivity index (χ3v) is 13.1. The summed E-state index contributed by atoms with van der Waals surface area (Å²) in [6.45, 7) is 4.84. The molecular formula is C35H34FN2O3S3+. The first kappa shape index (κ1) is 29.6. The summed E-state index contributed by atoms with van der Waals surface area (Å²) >= 11 is 3.32. The zero-order chi connectivity index (χ0) is 30.8. The molecule has 1 aliphatic carbocycles. The maximum Gasteiger partial charge on any atom is 0.262 e. The smallest absolute Gasteiger partial charge is 0.262 e. The van der Waals surface area contributed by atoms with Crippen molar-refractivity contribution in [1.29, 1.82) is 0 Å². The van der Waals surface area contributed by atoms with E-state index < -0.39 is 15.5 Å². The van der Waals surface area contributed by atoms with Crippen LogP contribution in [0.4, 0.5) is 10.1 Å². The molecule has 0 saturated carbocycles. The Hall–Kier alpha value is -3.08. The second-order valence-electron chi connectivity index (χ2n) is 12.2. The van der Waals surface area contributed by atoms with Gasteiger partial charge in [0.25, 0.3) is 5.01 Å². The Bertz CT molecular complexity index is 2030. The molecule has 0 N–H and O–H groups in total. The highest BCUT2D eigenvalue weighted by atomic mass is 32.2. The fourth-order valence-electron chi connectivity index (χ4n) is 7.16. The highest BCUT2D eigenvalue weighted by Gasteiger charge is 2.55. The second-order valence-corrected chi connectivity index (χ2v) is 15.9. The average molecular weight is 646 g/mol. The minimum absolute atomic E-state index is 0.0535. The number of rotatable bonds is 4. The summed E-state index contributed by atoms with van der Waals surface area (Å²) in [5.41, 5.74) is 7.74. The standard InChI is InChI=1S/C35H34FN2O3S3/c1-22-14-29-32(15-23(22)2)42-33(37(29)3)19-24-16-25(18-27(17-24)26-8-6-9-28(36)21-26)20-34-38(13-7-12-35(38)44(39,40)41)30-10-4-5-11-31(30)43-34/h4-6,8-11,14-16,19-21,27,35H,7,12-13,17-18H2,1-3H3/q+1/b24-19-,34-20-. The van der Waals surface area contributed by atoms with Crippen molar-refractivity contribution in [2.45, 2.75) is 55.7 Å². The van der Waals surface area contributed by atoms with Crippen LogP contribution in [0.25, 0.3) is 16.3 Å². The predicted molar refractivity (Wildman–Crippen MR) is 177 cm³/mol. The van der Waals surface area contributed by atoms with Crippen molar-refractivity contribution in [2.24, 2.45) is 7.05 Å². The molecule has 1 spiro atoms. The van der Waals surface area contributed by atoms with Crippen LogP contribution in [-0.4, -0.2) is 24.9 Å². The number of para-hydroxylation sites is 1. The molecule has 44 heavy (non-hydrogen) atoms. The van der Waals surface area contributed by atoms with Gasteiger partial charge in [-0.1, -0.05) is 41.7 Å². The molecule has 226 valence electrons. The summed E-state index contributed by atoms with van der Waals surface area (Å²) in [7, 11) is -2.46. The van der Waals surface area contributed by atoms with Crippen molar-refractivity contribution in [3.63, 3.8) is 0 Å². The first-order chi connectivity index (χ1) is 21.0. The van der Waals surface area contributed by atoms with Crippen molar-refractivity contribution in [2.75, 3.05) is 6.54 Å². The first-order valence-electron chi connectivity index (χ1n) is 14.9. The van der Waals surface area contributed by atoms with Crippen LogP contribution in [0.3, 0.4) is 0 Å². The molecule has 7 rings (SSSR count).